The predicted molar refractivity (Wildman–Crippen MR) is 67.6 cm³/mol. The van der Waals surface area contributed by atoms with Crippen LogP contribution in [0, 0.1) is 98.8 Å². The van der Waals surface area contributed by atoms with E-state index in [0.717, 1.165) is 0 Å². The summed E-state index contributed by atoms with van der Waals surface area (Å²) in [5.41, 5.74) is 0. The maximum atomic E-state index is 8.52. The Balaban J connectivity index is -0.00000000503. The molecule has 27 heavy (non-hydrogen) atoms. The minimum atomic E-state index is -5.17. The van der Waals surface area contributed by atoms with Gasteiger partial charge in [-0.1, -0.05) is 0 Å². The number of hydrogen-bond acceptors (Lipinski definition) is 12. The Morgan fingerprint density at radius 1 is 0.296 bits per heavy atom. The van der Waals surface area contributed by atoms with Gasteiger partial charge in [0.15, 0.2) is 0 Å². The van der Waals surface area contributed by atoms with Crippen molar-refractivity contribution in [2.45, 2.75) is 0 Å². The minimum Gasteiger partial charge on any atom is -0.759 e. The van der Waals surface area contributed by atoms with Crippen molar-refractivity contribution in [1.82, 2.24) is 0 Å². The predicted octanol–water partition coefficient (Wildman–Crippen LogP) is -12.3. The van der Waals surface area contributed by atoms with E-state index in [0.29, 0.717) is 0 Å². The van der Waals surface area contributed by atoms with Crippen LogP contribution in [-0.2, 0) is 31.2 Å². The van der Waals surface area contributed by atoms with Gasteiger partial charge in [-0.05, 0) is 0 Å². The molecule has 0 heterocycles. The van der Waals surface area contributed by atoms with Crippen LogP contribution in [0.1, 0.15) is 0 Å². The van der Waals surface area contributed by atoms with Gasteiger partial charge in [-0.15, -0.1) is 0 Å². The van der Waals surface area contributed by atoms with E-state index in [-0.39, 0.29) is 154 Å². The molecule has 0 rings (SSSR count). The fourth-order valence-corrected chi connectivity index (χ4v) is 0. The molecule has 0 aromatic rings. The monoisotopic (exact) mass is 774 g/mol. The van der Waals surface area contributed by atoms with Gasteiger partial charge in [-0.25, -0.2) is 0 Å². The van der Waals surface area contributed by atoms with E-state index in [1.54, 1.807) is 0 Å². The first kappa shape index (κ1) is 114. The van der Waals surface area contributed by atoms with Crippen molar-refractivity contribution >= 4 is 31.2 Å². The summed E-state index contributed by atoms with van der Waals surface area (Å²) in [6, 6.07) is 0. The molecule has 0 saturated heterocycles. The average Bonchev–Trinajstić information content (AvgIpc) is 1.41. The van der Waals surface area contributed by atoms with Crippen molar-refractivity contribution in [3.8, 4) is 0 Å². The molecule has 0 aliphatic carbocycles. The van der Waals surface area contributed by atoms with Gasteiger partial charge in [0.1, 0.15) is 0 Å². The molecule has 0 saturated carbocycles. The molecule has 0 spiro atoms. The molecule has 22 nitrogen and oxygen atoms in total. The second-order valence-electron chi connectivity index (χ2n) is 1.22. The fraction of sp³-hybridized carbons (Fsp3) is 0. The molecule has 20 N–H and O–H groups in total. The summed E-state index contributed by atoms with van der Waals surface area (Å²) in [5.74, 6) is 0. The molecule has 0 radical (unpaired) electrons. The molecular weight excluding hydrogens is 752 g/mol. The largest absolute Gasteiger partial charge is 3.00 e. The molecule has 0 amide bonds. The van der Waals surface area contributed by atoms with Crippen molar-refractivity contribution in [3.63, 3.8) is 0 Å². The van der Waals surface area contributed by atoms with Crippen LogP contribution < -0.4 is 0 Å². The average molecular weight is 772 g/mol. The van der Waals surface area contributed by atoms with E-state index < -0.39 is 31.2 Å². The summed E-state index contributed by atoms with van der Waals surface area (Å²) in [7, 11) is -15.5. The van der Waals surface area contributed by atoms with Crippen LogP contribution in [-0.4, -0.2) is 107 Å². The van der Waals surface area contributed by atoms with Gasteiger partial charge in [-0.2, -0.15) is 0 Å². The Morgan fingerprint density at radius 3 is 0.296 bits per heavy atom. The summed E-state index contributed by atoms with van der Waals surface area (Å²) < 4.78 is 102. The Hall–Kier alpha value is 2.38. The molecule has 0 bridgehead atoms. The second kappa shape index (κ2) is 51.2. The van der Waals surface area contributed by atoms with Gasteiger partial charge in [0.25, 0.3) is 0 Å². The van der Waals surface area contributed by atoms with Crippen molar-refractivity contribution in [3.05, 3.63) is 0 Å². The maximum absolute atomic E-state index is 8.52. The first-order valence-electron chi connectivity index (χ1n) is 2.00. The Labute approximate surface area is 233 Å². The fourth-order valence-electron chi connectivity index (χ4n) is 0. The quantitative estimate of drug-likeness (QED) is 0.164. The van der Waals surface area contributed by atoms with E-state index in [4.69, 9.17) is 52.6 Å². The van der Waals surface area contributed by atoms with Crippen molar-refractivity contribution in [2.75, 3.05) is 0 Å². The topological polar surface area (TPSA) is 556 Å². The Bertz CT molecular complexity index is 344. The molecule has 0 aliphatic heterocycles. The van der Waals surface area contributed by atoms with Gasteiger partial charge < -0.3 is 82.1 Å². The zero-order valence-corrected chi connectivity index (χ0v) is 19.2. The van der Waals surface area contributed by atoms with Gasteiger partial charge in [0.05, 0.1) is 0 Å². The van der Waals surface area contributed by atoms with Crippen molar-refractivity contribution in [2.24, 2.45) is 0 Å². The third-order valence-corrected chi connectivity index (χ3v) is 0. The summed E-state index contributed by atoms with van der Waals surface area (Å²) in [6.07, 6.45) is 0. The van der Waals surface area contributed by atoms with Gasteiger partial charge in [0.2, 0.25) is 0 Å². The molecule has 0 aromatic carbocycles. The van der Waals surface area contributed by atoms with Gasteiger partial charge in [0, 0.05) is 31.2 Å². The molecule has 0 unspecified atom stereocenters. The van der Waals surface area contributed by atoms with Crippen LogP contribution in [0.15, 0.2) is 0 Å². The smallest absolute Gasteiger partial charge is 0.759 e. The van der Waals surface area contributed by atoms with Crippen LogP contribution in [0.2, 0.25) is 0 Å². The molecule has 0 fully saturated rings. The van der Waals surface area contributed by atoms with E-state index in [1.807, 2.05) is 0 Å². The third kappa shape index (κ3) is 3490. The normalized spacial score (nSPS) is 6.44. The van der Waals surface area contributed by atoms with Gasteiger partial charge >= 0.3 is 98.8 Å². The molecule has 0 aromatic heterocycles. The molecule has 0 atom stereocenters. The van der Waals surface area contributed by atoms with E-state index >= 15 is 0 Å². The van der Waals surface area contributed by atoms with Crippen LogP contribution in [0.3, 0.4) is 0 Å². The minimum absolute atomic E-state index is 0. The zero-order valence-electron chi connectivity index (χ0n) is 11.9. The molecule has 184 valence electrons. The Morgan fingerprint density at radius 2 is 0.296 bits per heavy atom. The van der Waals surface area contributed by atoms with E-state index in [2.05, 4.69) is 0 Å². The van der Waals surface area contributed by atoms with Crippen LogP contribution in [0.4, 0.5) is 0 Å². The number of hydrogen-bond donors (Lipinski definition) is 0. The van der Waals surface area contributed by atoms with Crippen LogP contribution in [0.5, 0.6) is 0 Å². The molecule has 0 aliphatic rings. The van der Waals surface area contributed by atoms with E-state index in [9.17, 15) is 0 Å². The molecule has 27 heteroatoms. The first-order chi connectivity index (χ1) is 6.00. The van der Waals surface area contributed by atoms with Crippen LogP contribution in [0.25, 0.3) is 0 Å². The second-order valence-corrected chi connectivity index (χ2v) is 3.67. The zero-order chi connectivity index (χ0) is 13.5. The number of rotatable bonds is 0. The van der Waals surface area contributed by atoms with Crippen molar-refractivity contribution < 1.29 is 206 Å². The molecular formula is H20Eu2O22S3. The maximum Gasteiger partial charge on any atom is 3.00 e. The van der Waals surface area contributed by atoms with Crippen molar-refractivity contribution in [1.29, 1.82) is 0 Å². The van der Waals surface area contributed by atoms with E-state index in [1.165, 1.54) is 0 Å². The van der Waals surface area contributed by atoms with Gasteiger partial charge in [-0.3, -0.25) is 25.3 Å². The summed E-state index contributed by atoms with van der Waals surface area (Å²) in [5, 5.41) is 0. The Kier molecular flexibility index (Phi) is 217. The summed E-state index contributed by atoms with van der Waals surface area (Å²) in [6.45, 7) is 0. The first-order valence-corrected chi connectivity index (χ1v) is 6.00. The SMILES string of the molecule is O.O.O.O.O.O.O.O.O.O.O=S(=O)([O-])[O-].O=S(=O)([O-])[O-].O=S(=O)([O-])[O-].[Eu+3].[Eu+3]. The standard InChI is InChI=1S/2Eu.3H2O4S.10H2O/c;;3*1-5(2,3)4;;;;;;;;;;/h;;3*(H2,1,2,3,4);10*1H2/q2*+3;;;;;;;;;;;;;/p-6. The summed E-state index contributed by atoms with van der Waals surface area (Å²) >= 11 is 0. The summed E-state index contributed by atoms with van der Waals surface area (Å²) in [4.78, 5) is 0. The van der Waals surface area contributed by atoms with Crippen LogP contribution >= 0.6 is 0 Å². The third-order valence-electron chi connectivity index (χ3n) is 0.